The third kappa shape index (κ3) is 6.25. The molecule has 0 bridgehead atoms. The second-order valence-electron chi connectivity index (χ2n) is 13.5. The Bertz CT molecular complexity index is 1470. The average Bonchev–Trinajstić information content (AvgIpc) is 2.92. The van der Waals surface area contributed by atoms with Crippen LogP contribution >= 0.6 is 0 Å². The molecule has 0 N–H and O–H groups in total. The van der Waals surface area contributed by atoms with E-state index in [2.05, 4.69) is 87.7 Å². The highest BCUT2D eigenvalue weighted by Gasteiger charge is 2.34. The highest BCUT2D eigenvalue weighted by Crippen LogP contribution is 2.36. The summed E-state index contributed by atoms with van der Waals surface area (Å²) in [6.45, 7) is 22.4. The fourth-order valence-corrected chi connectivity index (χ4v) is 6.03. The lowest BCUT2D eigenvalue weighted by Crippen LogP contribution is -2.55. The predicted molar refractivity (Wildman–Crippen MR) is 172 cm³/mol. The molecule has 1 aromatic heterocycles. The maximum absolute atomic E-state index is 12.9. The molecule has 1 fully saturated rings. The number of benzene rings is 2. The Balaban J connectivity index is 1.54. The van der Waals surface area contributed by atoms with E-state index in [0.717, 1.165) is 42.4 Å². The van der Waals surface area contributed by atoms with Crippen molar-refractivity contribution in [3.05, 3.63) is 69.9 Å². The smallest absolute Gasteiger partial charge is 0.410 e. The summed E-state index contributed by atoms with van der Waals surface area (Å²) in [5.74, 6) is 2.26. The number of amides is 1. The molecular weight excluding hydrogens is 522 g/mol. The average molecular weight is 570 g/mol. The number of hydrogen-bond acceptors (Lipinski definition) is 6. The first kappa shape index (κ1) is 29.9. The normalized spacial score (nSPS) is 17.5. The standard InChI is InChI=1S/C35H47N5O2/c1-22(2)27-13-12-25(5)31(19-27)38-15-14-30-29(21-38)33(37-32(36-30)28-18-23(3)10-11-24(28)4)40-17-16-39(20-26(40)6)34(41)42-35(7,8)9/h10-13,18-19,22,26H,14-17,20-21H2,1-9H3/t26-/m1/s1. The van der Waals surface area contributed by atoms with Crippen molar-refractivity contribution < 1.29 is 9.53 Å². The van der Waals surface area contributed by atoms with Crippen LogP contribution in [0.4, 0.5) is 16.3 Å². The second kappa shape index (κ2) is 11.6. The fourth-order valence-electron chi connectivity index (χ4n) is 6.03. The van der Waals surface area contributed by atoms with Gasteiger partial charge in [-0.05, 0) is 83.2 Å². The van der Waals surface area contributed by atoms with Crippen LogP contribution in [0.25, 0.3) is 11.4 Å². The maximum Gasteiger partial charge on any atom is 0.410 e. The molecule has 1 saturated heterocycles. The lowest BCUT2D eigenvalue weighted by Gasteiger charge is -2.42. The van der Waals surface area contributed by atoms with Gasteiger partial charge in [0.25, 0.3) is 0 Å². The van der Waals surface area contributed by atoms with Gasteiger partial charge in [0, 0.05) is 62.0 Å². The fraction of sp³-hybridized carbons (Fsp3) is 0.514. The first-order chi connectivity index (χ1) is 19.8. The van der Waals surface area contributed by atoms with Crippen LogP contribution < -0.4 is 9.80 Å². The lowest BCUT2D eigenvalue weighted by atomic mass is 9.97. The van der Waals surface area contributed by atoms with Gasteiger partial charge in [-0.25, -0.2) is 14.8 Å². The quantitative estimate of drug-likeness (QED) is 0.331. The molecular formula is C35H47N5O2. The zero-order chi connectivity index (χ0) is 30.3. The van der Waals surface area contributed by atoms with Crippen LogP contribution in [0.2, 0.25) is 0 Å². The van der Waals surface area contributed by atoms with Crippen LogP contribution in [0.3, 0.4) is 0 Å². The SMILES string of the molecule is Cc1ccc(C)c(-c2nc3c(c(N4CCN(C(=O)OC(C)(C)C)C[C@H]4C)n2)CN(c2cc(C(C)C)ccc2C)CC3)c1. The van der Waals surface area contributed by atoms with E-state index in [-0.39, 0.29) is 12.1 Å². The number of carbonyl (C=O) groups excluding carboxylic acids is 1. The summed E-state index contributed by atoms with van der Waals surface area (Å²) in [6, 6.07) is 13.4. The number of carbonyl (C=O) groups is 1. The van der Waals surface area contributed by atoms with Crippen molar-refractivity contribution >= 4 is 17.6 Å². The largest absolute Gasteiger partial charge is 0.444 e. The Morgan fingerprint density at radius 2 is 1.71 bits per heavy atom. The number of fused-ring (bicyclic) bond motifs is 1. The van der Waals surface area contributed by atoms with Crippen molar-refractivity contribution in [1.82, 2.24) is 14.9 Å². The van der Waals surface area contributed by atoms with E-state index in [9.17, 15) is 4.79 Å². The summed E-state index contributed by atoms with van der Waals surface area (Å²) >= 11 is 0. The van der Waals surface area contributed by atoms with Crippen molar-refractivity contribution in [3.63, 3.8) is 0 Å². The topological polar surface area (TPSA) is 61.8 Å². The third-order valence-corrected chi connectivity index (χ3v) is 8.46. The van der Waals surface area contributed by atoms with Crippen LogP contribution in [0, 0.1) is 20.8 Å². The number of rotatable bonds is 4. The molecule has 0 unspecified atom stereocenters. The monoisotopic (exact) mass is 569 g/mol. The molecule has 1 atom stereocenters. The summed E-state index contributed by atoms with van der Waals surface area (Å²) in [4.78, 5) is 30.1. The van der Waals surface area contributed by atoms with Gasteiger partial charge in [-0.2, -0.15) is 0 Å². The van der Waals surface area contributed by atoms with Crippen LogP contribution in [0.15, 0.2) is 36.4 Å². The van der Waals surface area contributed by atoms with Gasteiger partial charge in [-0.1, -0.05) is 43.7 Å². The van der Waals surface area contributed by atoms with Gasteiger partial charge >= 0.3 is 6.09 Å². The molecule has 3 aromatic rings. The first-order valence-corrected chi connectivity index (χ1v) is 15.4. The summed E-state index contributed by atoms with van der Waals surface area (Å²) in [5.41, 5.74) is 9.21. The Kier molecular flexibility index (Phi) is 8.23. The highest BCUT2D eigenvalue weighted by molar-refractivity contribution is 5.70. The van der Waals surface area contributed by atoms with Crippen molar-refractivity contribution in [2.24, 2.45) is 0 Å². The van der Waals surface area contributed by atoms with Crippen LogP contribution in [-0.4, -0.2) is 58.8 Å². The van der Waals surface area contributed by atoms with Gasteiger partial charge < -0.3 is 19.4 Å². The van der Waals surface area contributed by atoms with E-state index in [1.807, 2.05) is 25.7 Å². The van der Waals surface area contributed by atoms with E-state index >= 15 is 0 Å². The summed E-state index contributed by atoms with van der Waals surface area (Å²) in [6.07, 6.45) is 0.613. The predicted octanol–water partition coefficient (Wildman–Crippen LogP) is 7.20. The molecule has 42 heavy (non-hydrogen) atoms. The van der Waals surface area contributed by atoms with Crippen molar-refractivity contribution in [2.75, 3.05) is 36.0 Å². The molecule has 0 radical (unpaired) electrons. The van der Waals surface area contributed by atoms with Crippen molar-refractivity contribution in [3.8, 4) is 11.4 Å². The van der Waals surface area contributed by atoms with Crippen molar-refractivity contribution in [1.29, 1.82) is 0 Å². The van der Waals surface area contributed by atoms with E-state index in [4.69, 9.17) is 14.7 Å². The number of hydrogen-bond donors (Lipinski definition) is 0. The summed E-state index contributed by atoms with van der Waals surface area (Å²) in [7, 11) is 0. The minimum Gasteiger partial charge on any atom is -0.444 e. The summed E-state index contributed by atoms with van der Waals surface area (Å²) in [5, 5.41) is 0. The van der Waals surface area contributed by atoms with Crippen molar-refractivity contribution in [2.45, 2.75) is 92.8 Å². The first-order valence-electron chi connectivity index (χ1n) is 15.4. The maximum atomic E-state index is 12.9. The number of aryl methyl sites for hydroxylation is 3. The van der Waals surface area contributed by atoms with E-state index in [1.165, 1.54) is 33.5 Å². The molecule has 3 heterocycles. The molecule has 7 heteroatoms. The molecule has 5 rings (SSSR count). The molecule has 0 aliphatic carbocycles. The molecule has 2 aliphatic heterocycles. The number of aromatic nitrogens is 2. The molecule has 2 aromatic carbocycles. The molecule has 2 aliphatic rings. The molecule has 224 valence electrons. The minimum atomic E-state index is -0.516. The van der Waals surface area contributed by atoms with E-state index in [0.29, 0.717) is 25.6 Å². The third-order valence-electron chi connectivity index (χ3n) is 8.46. The van der Waals surface area contributed by atoms with Gasteiger partial charge in [0.05, 0.1) is 5.69 Å². The number of nitrogens with zero attached hydrogens (tertiary/aromatic N) is 5. The van der Waals surface area contributed by atoms with Crippen LogP contribution in [0.1, 0.15) is 81.0 Å². The lowest BCUT2D eigenvalue weighted by molar-refractivity contribution is 0.0218. The zero-order valence-electron chi connectivity index (χ0n) is 26.9. The van der Waals surface area contributed by atoms with Crippen LogP contribution in [-0.2, 0) is 17.7 Å². The van der Waals surface area contributed by atoms with Gasteiger partial charge in [-0.15, -0.1) is 0 Å². The number of ether oxygens (including phenoxy) is 1. The Morgan fingerprint density at radius 1 is 0.976 bits per heavy atom. The van der Waals surface area contributed by atoms with E-state index in [1.54, 1.807) is 0 Å². The summed E-state index contributed by atoms with van der Waals surface area (Å²) < 4.78 is 5.70. The molecule has 0 spiro atoms. The number of piperazine rings is 1. The van der Waals surface area contributed by atoms with Gasteiger partial charge in [0.1, 0.15) is 11.4 Å². The Hall–Kier alpha value is -3.61. The zero-order valence-corrected chi connectivity index (χ0v) is 26.9. The molecule has 7 nitrogen and oxygen atoms in total. The van der Waals surface area contributed by atoms with Crippen LogP contribution in [0.5, 0.6) is 0 Å². The van der Waals surface area contributed by atoms with Gasteiger partial charge in [-0.3, -0.25) is 0 Å². The van der Waals surface area contributed by atoms with Gasteiger partial charge in [0.2, 0.25) is 0 Å². The van der Waals surface area contributed by atoms with Gasteiger partial charge in [0.15, 0.2) is 5.82 Å². The second-order valence-corrected chi connectivity index (χ2v) is 13.5. The number of anilines is 2. The molecule has 0 saturated carbocycles. The van der Waals surface area contributed by atoms with E-state index < -0.39 is 5.60 Å². The Morgan fingerprint density at radius 3 is 2.40 bits per heavy atom. The Labute approximate surface area is 251 Å². The molecule has 1 amide bonds. The highest BCUT2D eigenvalue weighted by atomic mass is 16.6. The minimum absolute atomic E-state index is 0.0816.